The fourth-order valence-corrected chi connectivity index (χ4v) is 4.64. The molecule has 1 N–H and O–H groups in total. The predicted molar refractivity (Wildman–Crippen MR) is 80.4 cm³/mol. The van der Waals surface area contributed by atoms with Gasteiger partial charge in [0.25, 0.3) is 5.91 Å². The first-order valence-corrected chi connectivity index (χ1v) is 7.90. The Morgan fingerprint density at radius 3 is 2.67 bits per heavy atom. The quantitative estimate of drug-likeness (QED) is 0.920. The molecule has 112 valence electrons. The van der Waals surface area contributed by atoms with E-state index in [1.807, 2.05) is 24.3 Å². The Kier molecular flexibility index (Phi) is 3.14. The highest BCUT2D eigenvalue weighted by Crippen LogP contribution is 2.43. The number of hydrogen-bond acceptors (Lipinski definition) is 3. The number of carbonyl (C=O) groups is 1. The minimum absolute atomic E-state index is 0.0429. The molecule has 4 bridgehead atoms. The minimum atomic E-state index is 0.0429. The van der Waals surface area contributed by atoms with Crippen LogP contribution in [-0.2, 0) is 0 Å². The highest BCUT2D eigenvalue weighted by atomic mass is 16.5. The molecule has 4 aliphatic rings. The Morgan fingerprint density at radius 2 is 2.00 bits per heavy atom. The van der Waals surface area contributed by atoms with Gasteiger partial charge in [-0.2, -0.15) is 0 Å². The predicted octanol–water partition coefficient (Wildman–Crippen LogP) is 1.77. The van der Waals surface area contributed by atoms with Crippen molar-refractivity contribution < 1.29 is 9.53 Å². The fourth-order valence-electron chi connectivity index (χ4n) is 4.64. The van der Waals surface area contributed by atoms with Gasteiger partial charge in [0.05, 0.1) is 7.11 Å². The maximum absolute atomic E-state index is 12.5. The summed E-state index contributed by atoms with van der Waals surface area (Å²) in [6, 6.07) is 7.77. The van der Waals surface area contributed by atoms with Crippen molar-refractivity contribution in [3.05, 3.63) is 29.8 Å². The van der Waals surface area contributed by atoms with Crippen molar-refractivity contribution in [2.75, 3.05) is 26.7 Å². The first-order chi connectivity index (χ1) is 10.2. The van der Waals surface area contributed by atoms with Crippen LogP contribution in [0.5, 0.6) is 5.75 Å². The molecule has 3 aliphatic heterocycles. The summed E-state index contributed by atoms with van der Waals surface area (Å²) in [6.07, 6.45) is 2.58. The lowest BCUT2D eigenvalue weighted by molar-refractivity contribution is -0.0418. The molecule has 3 saturated heterocycles. The lowest BCUT2D eigenvalue weighted by Gasteiger charge is -2.55. The largest absolute Gasteiger partial charge is 0.497 e. The Bertz CT molecular complexity index is 529. The summed E-state index contributed by atoms with van der Waals surface area (Å²) < 4.78 is 5.20. The lowest BCUT2D eigenvalue weighted by atomic mass is 9.65. The molecule has 1 amide bonds. The van der Waals surface area contributed by atoms with Gasteiger partial charge in [0.1, 0.15) is 5.75 Å². The van der Waals surface area contributed by atoms with Gasteiger partial charge in [-0.25, -0.2) is 0 Å². The number of amides is 1. The first-order valence-electron chi connectivity index (χ1n) is 7.90. The zero-order valence-electron chi connectivity index (χ0n) is 12.4. The van der Waals surface area contributed by atoms with Crippen LogP contribution in [0.2, 0.25) is 0 Å². The van der Waals surface area contributed by atoms with Gasteiger partial charge in [-0.3, -0.25) is 4.79 Å². The number of benzene rings is 1. The number of nitrogens with one attached hydrogen (secondary N) is 1. The molecule has 5 rings (SSSR count). The van der Waals surface area contributed by atoms with E-state index in [2.05, 4.69) is 10.2 Å². The molecule has 0 spiro atoms. The van der Waals surface area contributed by atoms with Gasteiger partial charge < -0.3 is 15.0 Å². The smallest absolute Gasteiger partial charge is 0.251 e. The van der Waals surface area contributed by atoms with Crippen LogP contribution >= 0.6 is 0 Å². The Hall–Kier alpha value is -1.55. The molecular weight excluding hydrogens is 264 g/mol. The van der Waals surface area contributed by atoms with Crippen molar-refractivity contribution in [2.45, 2.75) is 18.9 Å². The zero-order chi connectivity index (χ0) is 14.4. The van der Waals surface area contributed by atoms with Crippen LogP contribution in [0.25, 0.3) is 0 Å². The van der Waals surface area contributed by atoms with Crippen LogP contribution < -0.4 is 10.1 Å². The van der Waals surface area contributed by atoms with Crippen molar-refractivity contribution in [2.24, 2.45) is 17.8 Å². The molecule has 3 heterocycles. The van der Waals surface area contributed by atoms with Crippen LogP contribution in [0.1, 0.15) is 23.2 Å². The molecule has 4 heteroatoms. The monoisotopic (exact) mass is 286 g/mol. The Balaban J connectivity index is 1.49. The van der Waals surface area contributed by atoms with Crippen molar-refractivity contribution in [3.8, 4) is 5.75 Å². The van der Waals surface area contributed by atoms with Gasteiger partial charge in [0.15, 0.2) is 0 Å². The van der Waals surface area contributed by atoms with Crippen LogP contribution in [0.3, 0.4) is 0 Å². The Morgan fingerprint density at radius 1 is 1.24 bits per heavy atom. The number of hydrogen-bond donors (Lipinski definition) is 1. The average molecular weight is 286 g/mol. The summed E-state index contributed by atoms with van der Waals surface area (Å²) in [7, 11) is 1.63. The molecule has 1 aromatic rings. The van der Waals surface area contributed by atoms with Crippen molar-refractivity contribution >= 4 is 5.91 Å². The molecular formula is C17H22N2O2. The second-order valence-electron chi connectivity index (χ2n) is 6.81. The molecule has 0 aromatic heterocycles. The highest BCUT2D eigenvalue weighted by molar-refractivity contribution is 5.94. The van der Waals surface area contributed by atoms with E-state index in [-0.39, 0.29) is 5.91 Å². The Labute approximate surface area is 125 Å². The maximum atomic E-state index is 12.5. The molecule has 5 atom stereocenters. The van der Waals surface area contributed by atoms with Gasteiger partial charge in [-0.15, -0.1) is 0 Å². The fraction of sp³-hybridized carbons (Fsp3) is 0.588. The van der Waals surface area contributed by atoms with Crippen LogP contribution in [0.15, 0.2) is 24.3 Å². The van der Waals surface area contributed by atoms with E-state index >= 15 is 0 Å². The topological polar surface area (TPSA) is 41.6 Å². The number of methoxy groups -OCH3 is 1. The molecule has 21 heavy (non-hydrogen) atoms. The van der Waals surface area contributed by atoms with Gasteiger partial charge in [0.2, 0.25) is 0 Å². The average Bonchev–Trinajstić information content (AvgIpc) is 2.50. The SMILES string of the molecule is COc1cccc(C(=O)NC2[C@@H]3CC4C[C@H]2CN(C4)C3)c1. The number of ether oxygens (including phenoxy) is 1. The third kappa shape index (κ3) is 2.31. The van der Waals surface area contributed by atoms with Crippen molar-refractivity contribution in [1.29, 1.82) is 0 Å². The molecule has 1 saturated carbocycles. The van der Waals surface area contributed by atoms with E-state index in [9.17, 15) is 4.79 Å². The van der Waals surface area contributed by atoms with E-state index in [1.165, 1.54) is 19.4 Å². The van der Waals surface area contributed by atoms with Gasteiger partial charge >= 0.3 is 0 Å². The van der Waals surface area contributed by atoms with E-state index in [4.69, 9.17) is 4.74 Å². The van der Waals surface area contributed by atoms with Gasteiger partial charge in [0, 0.05) is 31.2 Å². The summed E-state index contributed by atoms with van der Waals surface area (Å²) in [5, 5.41) is 3.31. The van der Waals surface area contributed by atoms with Crippen LogP contribution in [0.4, 0.5) is 0 Å². The molecule has 4 fully saturated rings. The third-order valence-electron chi connectivity index (χ3n) is 5.42. The van der Waals surface area contributed by atoms with E-state index in [0.29, 0.717) is 23.4 Å². The first kappa shape index (κ1) is 13.1. The maximum Gasteiger partial charge on any atom is 0.251 e. The number of piperidine rings is 3. The third-order valence-corrected chi connectivity index (χ3v) is 5.42. The van der Waals surface area contributed by atoms with Crippen LogP contribution in [0, 0.1) is 17.8 Å². The zero-order valence-corrected chi connectivity index (χ0v) is 12.4. The van der Waals surface area contributed by atoms with Crippen LogP contribution in [-0.4, -0.2) is 43.6 Å². The molecule has 1 aromatic carbocycles. The molecule has 1 aliphatic carbocycles. The lowest BCUT2D eigenvalue weighted by Crippen LogP contribution is -2.64. The van der Waals surface area contributed by atoms with E-state index in [1.54, 1.807) is 7.11 Å². The standard InChI is InChI=1S/C17H22N2O2/c1-21-15-4-2-3-12(7-15)17(20)18-16-13-5-11-6-14(16)10-19(8-11)9-13/h2-4,7,11,13-14,16H,5-6,8-10H2,1H3,(H,18,20)/t11?,13-,14+,16?. The van der Waals surface area contributed by atoms with Gasteiger partial charge in [-0.1, -0.05) is 6.07 Å². The summed E-state index contributed by atoms with van der Waals surface area (Å²) in [6.45, 7) is 3.61. The minimum Gasteiger partial charge on any atom is -0.497 e. The van der Waals surface area contributed by atoms with Crippen molar-refractivity contribution in [3.63, 3.8) is 0 Å². The molecule has 3 unspecified atom stereocenters. The summed E-state index contributed by atoms with van der Waals surface area (Å²) >= 11 is 0. The summed E-state index contributed by atoms with van der Waals surface area (Å²) in [5.41, 5.74) is 0.698. The van der Waals surface area contributed by atoms with Gasteiger partial charge in [-0.05, 0) is 48.8 Å². The molecule has 4 nitrogen and oxygen atoms in total. The summed E-state index contributed by atoms with van der Waals surface area (Å²) in [5.74, 6) is 2.93. The number of rotatable bonds is 3. The second-order valence-corrected chi connectivity index (χ2v) is 6.81. The normalized spacial score (nSPS) is 36.5. The molecule has 0 radical (unpaired) electrons. The van der Waals surface area contributed by atoms with E-state index < -0.39 is 0 Å². The summed E-state index contributed by atoms with van der Waals surface area (Å²) in [4.78, 5) is 15.1. The highest BCUT2D eigenvalue weighted by Gasteiger charge is 2.47. The second kappa shape index (κ2) is 5.02. The van der Waals surface area contributed by atoms with E-state index in [0.717, 1.165) is 24.8 Å². The number of carbonyl (C=O) groups excluding carboxylic acids is 1. The van der Waals surface area contributed by atoms with Crippen molar-refractivity contribution in [1.82, 2.24) is 10.2 Å². The number of nitrogens with zero attached hydrogens (tertiary/aromatic N) is 1.